The van der Waals surface area contributed by atoms with Gasteiger partial charge in [0.05, 0.1) is 0 Å². The lowest BCUT2D eigenvalue weighted by molar-refractivity contribution is 0.196. The summed E-state index contributed by atoms with van der Waals surface area (Å²) in [5.41, 5.74) is 6.61. The van der Waals surface area contributed by atoms with Gasteiger partial charge in [0.1, 0.15) is 5.82 Å². The van der Waals surface area contributed by atoms with Crippen LogP contribution in [-0.2, 0) is 6.54 Å². The molecule has 0 radical (unpaired) electrons. The molecule has 0 bridgehead atoms. The van der Waals surface area contributed by atoms with Gasteiger partial charge < -0.3 is 10.2 Å². The average molecular weight is 457 g/mol. The highest BCUT2D eigenvalue weighted by molar-refractivity contribution is 5.52. The molecule has 2 aliphatic rings. The first-order chi connectivity index (χ1) is 16.6. The van der Waals surface area contributed by atoms with E-state index in [0.29, 0.717) is 0 Å². The molecule has 3 heteroatoms. The highest BCUT2D eigenvalue weighted by Crippen LogP contribution is 2.45. The Hall–Kier alpha value is -2.65. The third-order valence-corrected chi connectivity index (χ3v) is 7.89. The molecule has 1 atom stereocenters. The Morgan fingerprint density at radius 2 is 1.47 bits per heavy atom. The Morgan fingerprint density at radius 1 is 0.853 bits per heavy atom. The number of hydrogen-bond donors (Lipinski definition) is 1. The maximum absolute atomic E-state index is 13.6. The van der Waals surface area contributed by atoms with Gasteiger partial charge >= 0.3 is 0 Å². The van der Waals surface area contributed by atoms with Crippen LogP contribution in [0.15, 0.2) is 72.8 Å². The highest BCUT2D eigenvalue weighted by Gasteiger charge is 2.32. The predicted molar refractivity (Wildman–Crippen MR) is 140 cm³/mol. The van der Waals surface area contributed by atoms with E-state index in [2.05, 4.69) is 72.6 Å². The minimum Gasteiger partial charge on any atom is -0.368 e. The van der Waals surface area contributed by atoms with Crippen molar-refractivity contribution in [3.05, 3.63) is 101 Å². The van der Waals surface area contributed by atoms with Crippen LogP contribution in [0.25, 0.3) is 0 Å². The number of rotatable bonds is 10. The molecule has 1 unspecified atom stereocenters. The van der Waals surface area contributed by atoms with Crippen molar-refractivity contribution >= 4 is 5.69 Å². The smallest absolute Gasteiger partial charge is 0.123 e. The number of hydrogen-bond acceptors (Lipinski definition) is 2. The van der Waals surface area contributed by atoms with E-state index in [1.165, 1.54) is 53.9 Å². The summed E-state index contributed by atoms with van der Waals surface area (Å²) in [4.78, 5) is 2.36. The van der Waals surface area contributed by atoms with Gasteiger partial charge in [0.2, 0.25) is 0 Å². The molecule has 0 amide bonds. The lowest BCUT2D eigenvalue weighted by Gasteiger charge is -2.38. The summed E-state index contributed by atoms with van der Waals surface area (Å²) in [6, 6.07) is 25.2. The zero-order valence-corrected chi connectivity index (χ0v) is 20.5. The van der Waals surface area contributed by atoms with Crippen molar-refractivity contribution in [2.45, 2.75) is 51.5 Å². The molecular weight excluding hydrogens is 419 g/mol. The van der Waals surface area contributed by atoms with Gasteiger partial charge in [0.15, 0.2) is 0 Å². The summed E-state index contributed by atoms with van der Waals surface area (Å²) in [6.07, 6.45) is 3.62. The first-order valence-electron chi connectivity index (χ1n) is 13.0. The molecule has 2 fully saturated rings. The number of nitrogens with zero attached hydrogens (tertiary/aromatic N) is 1. The molecule has 0 aromatic heterocycles. The van der Waals surface area contributed by atoms with Crippen LogP contribution in [0.5, 0.6) is 0 Å². The van der Waals surface area contributed by atoms with E-state index in [-0.39, 0.29) is 11.7 Å². The lowest BCUT2D eigenvalue weighted by atomic mass is 9.67. The van der Waals surface area contributed by atoms with Crippen molar-refractivity contribution in [3.8, 4) is 0 Å². The van der Waals surface area contributed by atoms with Crippen molar-refractivity contribution in [3.63, 3.8) is 0 Å². The van der Waals surface area contributed by atoms with Gasteiger partial charge in [-0.25, -0.2) is 4.39 Å². The fraction of sp³-hybridized carbons (Fsp3) is 0.419. The summed E-state index contributed by atoms with van der Waals surface area (Å²) in [7, 11) is 0. The summed E-state index contributed by atoms with van der Waals surface area (Å²) in [5, 5.41) is 3.62. The molecule has 1 N–H and O–H groups in total. The third-order valence-electron chi connectivity index (χ3n) is 7.89. The van der Waals surface area contributed by atoms with E-state index in [9.17, 15) is 4.39 Å². The van der Waals surface area contributed by atoms with Crippen LogP contribution in [0.2, 0.25) is 0 Å². The number of halogens is 1. The largest absolute Gasteiger partial charge is 0.368 e. The molecule has 1 aliphatic heterocycles. The normalized spacial score (nSPS) is 20.3. The molecule has 0 spiro atoms. The minimum absolute atomic E-state index is 0.174. The van der Waals surface area contributed by atoms with Gasteiger partial charge in [0, 0.05) is 31.2 Å². The van der Waals surface area contributed by atoms with Gasteiger partial charge in [-0.15, -0.1) is 0 Å². The summed E-state index contributed by atoms with van der Waals surface area (Å²) < 4.78 is 13.6. The first kappa shape index (κ1) is 23.1. The number of anilines is 1. The minimum atomic E-state index is -0.174. The molecule has 34 heavy (non-hydrogen) atoms. The summed E-state index contributed by atoms with van der Waals surface area (Å²) in [5.74, 6) is 2.48. The topological polar surface area (TPSA) is 15.0 Å². The first-order valence-corrected chi connectivity index (χ1v) is 13.0. The van der Waals surface area contributed by atoms with Gasteiger partial charge in [0.25, 0.3) is 0 Å². The van der Waals surface area contributed by atoms with Crippen molar-refractivity contribution in [1.29, 1.82) is 0 Å². The predicted octanol–water partition coefficient (Wildman–Crippen LogP) is 7.11. The Balaban J connectivity index is 1.21. The van der Waals surface area contributed by atoms with Crippen molar-refractivity contribution in [2.24, 2.45) is 11.8 Å². The van der Waals surface area contributed by atoms with Crippen LogP contribution in [0.1, 0.15) is 67.2 Å². The van der Waals surface area contributed by atoms with Crippen LogP contribution >= 0.6 is 0 Å². The number of benzene rings is 3. The maximum atomic E-state index is 13.6. The highest BCUT2D eigenvalue weighted by atomic mass is 19.1. The second-order valence-electron chi connectivity index (χ2n) is 10.6. The van der Waals surface area contributed by atoms with E-state index in [0.717, 1.165) is 37.3 Å². The molecule has 178 valence electrons. The van der Waals surface area contributed by atoms with Crippen LogP contribution in [0, 0.1) is 17.7 Å². The number of nitrogens with one attached hydrogen (secondary N) is 1. The second-order valence-corrected chi connectivity index (χ2v) is 10.6. The molecule has 1 heterocycles. The fourth-order valence-corrected chi connectivity index (χ4v) is 5.31. The zero-order chi connectivity index (χ0) is 23.5. The zero-order valence-electron chi connectivity index (χ0n) is 20.5. The van der Waals surface area contributed by atoms with E-state index in [4.69, 9.17) is 0 Å². The van der Waals surface area contributed by atoms with Gasteiger partial charge in [-0.1, -0.05) is 62.4 Å². The van der Waals surface area contributed by atoms with Crippen LogP contribution in [0.3, 0.4) is 0 Å². The standard InChI is InChI=1S/C31H37FN2/c1-22(2)27-19-28(20-27)24-5-7-25(8-6-24)31(26-9-11-29(32)12-10-26)15-16-33-21-23-3-13-30(14-4-23)34-17-18-34/h3-14,22,27-28,31,33H,15-21H2,1-2H3. The van der Waals surface area contributed by atoms with Crippen LogP contribution in [0.4, 0.5) is 10.1 Å². The van der Waals surface area contributed by atoms with E-state index >= 15 is 0 Å². The summed E-state index contributed by atoms with van der Waals surface area (Å²) >= 11 is 0. The Morgan fingerprint density at radius 3 is 2.06 bits per heavy atom. The van der Waals surface area contributed by atoms with Gasteiger partial charge in [-0.3, -0.25) is 0 Å². The van der Waals surface area contributed by atoms with Crippen molar-refractivity contribution < 1.29 is 4.39 Å². The molecule has 1 saturated carbocycles. The van der Waals surface area contributed by atoms with E-state index in [1.54, 1.807) is 12.1 Å². The van der Waals surface area contributed by atoms with E-state index in [1.807, 2.05) is 12.1 Å². The molecule has 1 aliphatic carbocycles. The lowest BCUT2D eigenvalue weighted by Crippen LogP contribution is -2.26. The van der Waals surface area contributed by atoms with Crippen molar-refractivity contribution in [2.75, 3.05) is 24.5 Å². The molecule has 1 saturated heterocycles. The van der Waals surface area contributed by atoms with Gasteiger partial charge in [-0.05, 0) is 90.1 Å². The second kappa shape index (κ2) is 10.3. The van der Waals surface area contributed by atoms with E-state index < -0.39 is 0 Å². The molecule has 5 rings (SSSR count). The maximum Gasteiger partial charge on any atom is 0.123 e. The van der Waals surface area contributed by atoms with Gasteiger partial charge in [-0.2, -0.15) is 0 Å². The molecular formula is C31H37FN2. The van der Waals surface area contributed by atoms with Crippen LogP contribution < -0.4 is 10.2 Å². The average Bonchev–Trinajstić information content (AvgIpc) is 3.65. The van der Waals surface area contributed by atoms with Crippen LogP contribution in [-0.4, -0.2) is 19.6 Å². The Labute approximate surface area is 204 Å². The summed E-state index contributed by atoms with van der Waals surface area (Å²) in [6.45, 7) is 8.83. The quantitative estimate of drug-likeness (QED) is 0.258. The third kappa shape index (κ3) is 5.52. The molecule has 3 aromatic rings. The van der Waals surface area contributed by atoms with Crippen molar-refractivity contribution in [1.82, 2.24) is 5.32 Å². The molecule has 2 nitrogen and oxygen atoms in total. The fourth-order valence-electron chi connectivity index (χ4n) is 5.31. The molecule has 3 aromatic carbocycles. The monoisotopic (exact) mass is 456 g/mol. The SMILES string of the molecule is CC(C)C1CC(c2ccc(C(CCNCc3ccc(N4CC4)cc3)c3ccc(F)cc3)cc2)C1. The Kier molecular flexibility index (Phi) is 7.01. The Bertz CT molecular complexity index is 1050.